The van der Waals surface area contributed by atoms with Gasteiger partial charge in [-0.05, 0) is 62.1 Å². The molecule has 0 fully saturated rings. The molecule has 0 aliphatic carbocycles. The van der Waals surface area contributed by atoms with Crippen LogP contribution >= 0.6 is 12.4 Å². The van der Waals surface area contributed by atoms with E-state index in [0.717, 1.165) is 24.2 Å². The van der Waals surface area contributed by atoms with Gasteiger partial charge in [-0.15, -0.1) is 12.4 Å². The smallest absolute Gasteiger partial charge is 0.179 e. The van der Waals surface area contributed by atoms with Crippen LogP contribution in [0.25, 0.3) is 0 Å². The van der Waals surface area contributed by atoms with Crippen LogP contribution < -0.4 is 10.1 Å². The molecule has 0 aliphatic rings. The molecule has 3 aromatic rings. The minimum absolute atomic E-state index is 0. The quantitative estimate of drug-likeness (QED) is 0.414. The number of aryl methyl sites for hydroxylation is 1. The van der Waals surface area contributed by atoms with E-state index in [2.05, 4.69) is 36.5 Å². The molecule has 30 heavy (non-hydrogen) atoms. The lowest BCUT2D eigenvalue weighted by molar-refractivity contribution is 0.0944. The van der Waals surface area contributed by atoms with Crippen LogP contribution in [0.1, 0.15) is 41.8 Å². The Morgan fingerprint density at radius 1 is 0.833 bits per heavy atom. The van der Waals surface area contributed by atoms with Gasteiger partial charge in [0.05, 0.1) is 6.04 Å². The van der Waals surface area contributed by atoms with Crippen LogP contribution in [-0.4, -0.2) is 17.9 Å². The summed E-state index contributed by atoms with van der Waals surface area (Å²) in [5.41, 5.74) is 3.15. The molecule has 4 heteroatoms. The van der Waals surface area contributed by atoms with Crippen molar-refractivity contribution in [2.24, 2.45) is 0 Å². The Balaban J connectivity index is 0.00000320. The van der Waals surface area contributed by atoms with Crippen molar-refractivity contribution < 1.29 is 9.53 Å². The van der Waals surface area contributed by atoms with Gasteiger partial charge >= 0.3 is 0 Å². The van der Waals surface area contributed by atoms with Crippen molar-refractivity contribution in [1.82, 2.24) is 5.32 Å². The Morgan fingerprint density at radius 2 is 1.40 bits per heavy atom. The molecule has 0 aromatic heterocycles. The second-order valence-corrected chi connectivity index (χ2v) is 7.48. The predicted molar refractivity (Wildman–Crippen MR) is 126 cm³/mol. The molecule has 3 nitrogen and oxygen atoms in total. The number of benzene rings is 3. The average Bonchev–Trinajstić information content (AvgIpc) is 2.77. The highest BCUT2D eigenvalue weighted by Crippen LogP contribution is 2.16. The van der Waals surface area contributed by atoms with Gasteiger partial charge in [-0.2, -0.15) is 0 Å². The lowest BCUT2D eigenvalue weighted by Crippen LogP contribution is -2.40. The minimum Gasteiger partial charge on any atom is -0.489 e. The van der Waals surface area contributed by atoms with E-state index in [0.29, 0.717) is 12.2 Å². The Morgan fingerprint density at radius 3 is 2.00 bits per heavy atom. The number of hydrogen-bond donors (Lipinski definition) is 1. The van der Waals surface area contributed by atoms with Gasteiger partial charge in [-0.3, -0.25) is 4.79 Å². The molecule has 0 aliphatic heterocycles. The van der Waals surface area contributed by atoms with Crippen LogP contribution in [0.4, 0.5) is 0 Å². The monoisotopic (exact) mass is 423 g/mol. The molecular weight excluding hydrogens is 394 g/mol. The summed E-state index contributed by atoms with van der Waals surface area (Å²) in [6, 6.07) is 27.9. The van der Waals surface area contributed by atoms with E-state index in [1.807, 2.05) is 67.6 Å². The van der Waals surface area contributed by atoms with E-state index in [-0.39, 0.29) is 30.3 Å². The fourth-order valence-corrected chi connectivity index (χ4v) is 3.32. The van der Waals surface area contributed by atoms with Gasteiger partial charge in [0, 0.05) is 11.6 Å². The molecule has 0 saturated heterocycles. The summed E-state index contributed by atoms with van der Waals surface area (Å²) in [5.74, 6) is 0.869. The van der Waals surface area contributed by atoms with Gasteiger partial charge in [0.2, 0.25) is 0 Å². The summed E-state index contributed by atoms with van der Waals surface area (Å²) in [6.45, 7) is 4.58. The molecule has 0 saturated carbocycles. The van der Waals surface area contributed by atoms with E-state index in [4.69, 9.17) is 4.74 Å². The van der Waals surface area contributed by atoms with Crippen molar-refractivity contribution in [1.29, 1.82) is 0 Å². The van der Waals surface area contributed by atoms with Gasteiger partial charge in [0.1, 0.15) is 12.4 Å². The second kappa shape index (κ2) is 12.2. The van der Waals surface area contributed by atoms with Crippen LogP contribution in [0, 0.1) is 0 Å². The molecule has 2 atom stereocenters. The van der Waals surface area contributed by atoms with Crippen LogP contribution in [0.2, 0.25) is 0 Å². The van der Waals surface area contributed by atoms with Crippen molar-refractivity contribution in [3.63, 3.8) is 0 Å². The molecule has 158 valence electrons. The predicted octanol–water partition coefficient (Wildman–Crippen LogP) is 5.87. The highest BCUT2D eigenvalue weighted by molar-refractivity contribution is 5.99. The summed E-state index contributed by atoms with van der Waals surface area (Å²) in [6.07, 6.45) is 2.00. The van der Waals surface area contributed by atoms with E-state index < -0.39 is 0 Å². The first-order valence-electron chi connectivity index (χ1n) is 10.2. The topological polar surface area (TPSA) is 38.3 Å². The number of ether oxygens (including phenoxy) is 1. The maximum Gasteiger partial charge on any atom is 0.179 e. The Labute approximate surface area is 185 Å². The number of Topliss-reactive ketones (excluding diaryl/α,β-unsaturated/α-hetero) is 1. The van der Waals surface area contributed by atoms with E-state index in [9.17, 15) is 4.79 Å². The molecular formula is C26H30ClNO2. The summed E-state index contributed by atoms with van der Waals surface area (Å²) in [5, 5.41) is 3.43. The lowest BCUT2D eigenvalue weighted by atomic mass is 10.0. The fourth-order valence-electron chi connectivity index (χ4n) is 3.32. The largest absolute Gasteiger partial charge is 0.489 e. The molecule has 0 amide bonds. The van der Waals surface area contributed by atoms with Crippen molar-refractivity contribution in [2.75, 3.05) is 0 Å². The van der Waals surface area contributed by atoms with E-state index in [1.54, 1.807) is 0 Å². The number of nitrogens with one attached hydrogen (secondary N) is 1. The summed E-state index contributed by atoms with van der Waals surface area (Å²) < 4.78 is 5.80. The molecule has 0 spiro atoms. The molecule has 0 radical (unpaired) electrons. The second-order valence-electron chi connectivity index (χ2n) is 7.48. The maximum absolute atomic E-state index is 12.7. The number of ketones is 1. The third kappa shape index (κ3) is 7.33. The fraction of sp³-hybridized carbons (Fsp3) is 0.269. The third-order valence-electron chi connectivity index (χ3n) is 5.02. The zero-order chi connectivity index (χ0) is 20.5. The minimum atomic E-state index is -0.225. The van der Waals surface area contributed by atoms with Crippen LogP contribution in [0.3, 0.4) is 0 Å². The Kier molecular flexibility index (Phi) is 9.59. The highest BCUT2D eigenvalue weighted by Gasteiger charge is 2.17. The SMILES string of the molecule is CC(CCc1ccccc1)NC(C)C(=O)c1ccc(OCc2ccccc2)cc1.Cl. The maximum atomic E-state index is 12.7. The van der Waals surface area contributed by atoms with E-state index >= 15 is 0 Å². The number of carbonyl (C=O) groups excluding carboxylic acids is 1. The van der Waals surface area contributed by atoms with Crippen molar-refractivity contribution in [3.05, 3.63) is 102 Å². The lowest BCUT2D eigenvalue weighted by Gasteiger charge is -2.19. The number of rotatable bonds is 10. The van der Waals surface area contributed by atoms with Gasteiger partial charge in [-0.25, -0.2) is 0 Å². The van der Waals surface area contributed by atoms with Crippen LogP contribution in [0.15, 0.2) is 84.9 Å². The summed E-state index contributed by atoms with van der Waals surface area (Å²) in [7, 11) is 0. The summed E-state index contributed by atoms with van der Waals surface area (Å²) in [4.78, 5) is 12.7. The first kappa shape index (κ1) is 23.7. The Bertz CT molecular complexity index is 882. The zero-order valence-corrected chi connectivity index (χ0v) is 18.4. The molecule has 3 rings (SSSR count). The van der Waals surface area contributed by atoms with Gasteiger partial charge in [0.25, 0.3) is 0 Å². The standard InChI is InChI=1S/C26H29NO2.ClH/c1-20(13-14-22-9-5-3-6-10-22)27-21(2)26(28)24-15-17-25(18-16-24)29-19-23-11-7-4-8-12-23;/h3-12,15-18,20-21,27H,13-14,19H2,1-2H3;1H. The van der Waals surface area contributed by atoms with Crippen molar-refractivity contribution in [2.45, 2.75) is 45.4 Å². The highest BCUT2D eigenvalue weighted by atomic mass is 35.5. The van der Waals surface area contributed by atoms with Crippen LogP contribution in [0.5, 0.6) is 5.75 Å². The molecule has 0 heterocycles. The number of halogens is 1. The van der Waals surface area contributed by atoms with Gasteiger partial charge in [-0.1, -0.05) is 60.7 Å². The third-order valence-corrected chi connectivity index (χ3v) is 5.02. The zero-order valence-electron chi connectivity index (χ0n) is 17.6. The van der Waals surface area contributed by atoms with Crippen LogP contribution in [-0.2, 0) is 13.0 Å². The van der Waals surface area contributed by atoms with E-state index in [1.165, 1.54) is 5.56 Å². The summed E-state index contributed by atoms with van der Waals surface area (Å²) >= 11 is 0. The van der Waals surface area contributed by atoms with Gasteiger partial charge < -0.3 is 10.1 Å². The first-order chi connectivity index (χ1) is 14.1. The normalized spacial score (nSPS) is 12.5. The molecule has 0 bridgehead atoms. The van der Waals surface area contributed by atoms with Crippen molar-refractivity contribution >= 4 is 18.2 Å². The number of carbonyl (C=O) groups is 1. The van der Waals surface area contributed by atoms with Gasteiger partial charge in [0.15, 0.2) is 5.78 Å². The Hall–Kier alpha value is -2.62. The molecule has 3 aromatic carbocycles. The first-order valence-corrected chi connectivity index (χ1v) is 10.2. The average molecular weight is 424 g/mol. The molecule has 1 N–H and O–H groups in total. The van der Waals surface area contributed by atoms with Crippen molar-refractivity contribution in [3.8, 4) is 5.75 Å². The number of hydrogen-bond acceptors (Lipinski definition) is 3. The molecule has 2 unspecified atom stereocenters.